The Morgan fingerprint density at radius 2 is 2.22 bits per heavy atom. The molecule has 3 nitrogen and oxygen atoms in total. The maximum absolute atomic E-state index is 13.7. The molecule has 0 saturated heterocycles. The van der Waals surface area contributed by atoms with E-state index in [0.29, 0.717) is 29.6 Å². The highest BCUT2D eigenvalue weighted by Gasteiger charge is 2.24. The highest BCUT2D eigenvalue weighted by Crippen LogP contribution is 2.28. The van der Waals surface area contributed by atoms with Gasteiger partial charge in [0.2, 0.25) is 0 Å². The number of nitrogens with one attached hydrogen (secondary N) is 2. The normalized spacial score (nSPS) is 21.0. The molecule has 1 aromatic carbocycles. The number of halogens is 3. The monoisotopic (exact) mass is 471 g/mol. The Morgan fingerprint density at radius 3 is 2.83 bits per heavy atom. The van der Waals surface area contributed by atoms with Gasteiger partial charge in [-0.2, -0.15) is 11.8 Å². The fourth-order valence-electron chi connectivity index (χ4n) is 2.75. The van der Waals surface area contributed by atoms with Crippen LogP contribution in [-0.4, -0.2) is 37.1 Å². The van der Waals surface area contributed by atoms with E-state index < -0.39 is 0 Å². The third kappa shape index (κ3) is 6.31. The predicted molar refractivity (Wildman–Crippen MR) is 110 cm³/mol. The van der Waals surface area contributed by atoms with Gasteiger partial charge in [0.1, 0.15) is 5.82 Å². The number of thioether (sulfide) groups is 1. The van der Waals surface area contributed by atoms with E-state index in [1.165, 1.54) is 25.3 Å². The molecule has 1 fully saturated rings. The molecule has 0 aromatic heterocycles. The van der Waals surface area contributed by atoms with Gasteiger partial charge in [-0.3, -0.25) is 4.99 Å². The topological polar surface area (TPSA) is 36.4 Å². The van der Waals surface area contributed by atoms with Crippen molar-refractivity contribution in [2.24, 2.45) is 4.99 Å². The highest BCUT2D eigenvalue weighted by atomic mass is 127. The molecule has 1 saturated carbocycles. The molecule has 0 aliphatic heterocycles. The summed E-state index contributed by atoms with van der Waals surface area (Å²) in [7, 11) is 1.76. The van der Waals surface area contributed by atoms with Crippen molar-refractivity contribution >= 4 is 53.3 Å². The summed E-state index contributed by atoms with van der Waals surface area (Å²) in [6.07, 6.45) is 6.29. The van der Waals surface area contributed by atoms with Gasteiger partial charge in [0.15, 0.2) is 5.96 Å². The summed E-state index contributed by atoms with van der Waals surface area (Å²) in [6, 6.07) is 5.25. The largest absolute Gasteiger partial charge is 0.356 e. The summed E-state index contributed by atoms with van der Waals surface area (Å²) in [5.74, 6) is 0.523. The number of benzene rings is 1. The molecule has 1 aliphatic rings. The quantitative estimate of drug-likeness (QED) is 0.386. The molecule has 0 spiro atoms. The lowest BCUT2D eigenvalue weighted by atomic mass is 10.1. The van der Waals surface area contributed by atoms with Crippen molar-refractivity contribution in [1.82, 2.24) is 10.6 Å². The van der Waals surface area contributed by atoms with Crippen molar-refractivity contribution in [2.45, 2.75) is 37.0 Å². The first-order valence-corrected chi connectivity index (χ1v) is 9.23. The average molecular weight is 472 g/mol. The zero-order valence-corrected chi connectivity index (χ0v) is 17.3. The number of nitrogens with zero attached hydrogens (tertiary/aromatic N) is 1. The number of aliphatic imine (C=N–C) groups is 1. The molecule has 1 aromatic rings. The third-order valence-corrected chi connectivity index (χ3v) is 5.46. The van der Waals surface area contributed by atoms with E-state index in [2.05, 4.69) is 21.9 Å². The van der Waals surface area contributed by atoms with Gasteiger partial charge in [-0.25, -0.2) is 4.39 Å². The van der Waals surface area contributed by atoms with Crippen LogP contribution in [-0.2, 0) is 6.42 Å². The molecular formula is C16H24ClFIN3S. The molecule has 2 rings (SSSR count). The van der Waals surface area contributed by atoms with Crippen LogP contribution in [0.5, 0.6) is 0 Å². The summed E-state index contributed by atoms with van der Waals surface area (Å²) >= 11 is 7.96. The lowest BCUT2D eigenvalue weighted by Gasteiger charge is -2.17. The van der Waals surface area contributed by atoms with Crippen molar-refractivity contribution in [3.05, 3.63) is 34.6 Å². The van der Waals surface area contributed by atoms with Crippen LogP contribution in [0.1, 0.15) is 24.8 Å². The van der Waals surface area contributed by atoms with Gasteiger partial charge < -0.3 is 10.6 Å². The predicted octanol–water partition coefficient (Wildman–Crippen LogP) is 4.09. The molecule has 2 atom stereocenters. The van der Waals surface area contributed by atoms with Crippen LogP contribution in [0.25, 0.3) is 0 Å². The molecular weight excluding hydrogens is 448 g/mol. The van der Waals surface area contributed by atoms with Crippen molar-refractivity contribution in [1.29, 1.82) is 0 Å². The van der Waals surface area contributed by atoms with E-state index in [1.807, 2.05) is 11.8 Å². The van der Waals surface area contributed by atoms with E-state index in [9.17, 15) is 4.39 Å². The average Bonchev–Trinajstić information content (AvgIpc) is 2.96. The van der Waals surface area contributed by atoms with Gasteiger partial charge in [-0.1, -0.05) is 17.7 Å². The molecule has 130 valence electrons. The number of hydrogen-bond acceptors (Lipinski definition) is 2. The Hall–Kier alpha value is -0.210. The first-order valence-electron chi connectivity index (χ1n) is 7.57. The Labute approximate surface area is 164 Å². The first-order chi connectivity index (χ1) is 10.6. The Morgan fingerprint density at radius 1 is 1.43 bits per heavy atom. The minimum atomic E-state index is -0.254. The fourth-order valence-corrected chi connectivity index (χ4v) is 3.80. The van der Waals surface area contributed by atoms with E-state index in [4.69, 9.17) is 11.6 Å². The summed E-state index contributed by atoms with van der Waals surface area (Å²) in [5.41, 5.74) is 0.551. The van der Waals surface area contributed by atoms with E-state index >= 15 is 0 Å². The minimum absolute atomic E-state index is 0. The maximum atomic E-state index is 13.7. The molecule has 2 unspecified atom stereocenters. The lowest BCUT2D eigenvalue weighted by molar-refractivity contribution is 0.600. The number of hydrogen-bond donors (Lipinski definition) is 2. The second-order valence-electron chi connectivity index (χ2n) is 5.46. The van der Waals surface area contributed by atoms with E-state index in [0.717, 1.165) is 11.2 Å². The van der Waals surface area contributed by atoms with Crippen LogP contribution >= 0.6 is 47.3 Å². The zero-order chi connectivity index (χ0) is 15.9. The molecule has 0 heterocycles. The standard InChI is InChI=1S/C16H23ClFN3S.HI/c1-19-16(21-11-6-7-12(10-11)22-2)20-9-8-13-14(17)4-3-5-15(13)18;/h3-5,11-12H,6-10H2,1-2H3,(H2,19,20,21);1H. The smallest absolute Gasteiger partial charge is 0.191 e. The van der Waals surface area contributed by atoms with Crippen LogP contribution in [0.3, 0.4) is 0 Å². The summed E-state index contributed by atoms with van der Waals surface area (Å²) in [6.45, 7) is 0.596. The van der Waals surface area contributed by atoms with Crippen LogP contribution < -0.4 is 10.6 Å². The minimum Gasteiger partial charge on any atom is -0.356 e. The maximum Gasteiger partial charge on any atom is 0.191 e. The summed E-state index contributed by atoms with van der Waals surface area (Å²) in [5, 5.41) is 7.90. The summed E-state index contributed by atoms with van der Waals surface area (Å²) < 4.78 is 13.7. The number of guanidine groups is 1. The van der Waals surface area contributed by atoms with E-state index in [-0.39, 0.29) is 29.8 Å². The molecule has 0 amide bonds. The van der Waals surface area contributed by atoms with E-state index in [1.54, 1.807) is 19.2 Å². The van der Waals surface area contributed by atoms with Crippen molar-refractivity contribution in [3.8, 4) is 0 Å². The molecule has 23 heavy (non-hydrogen) atoms. The lowest BCUT2D eigenvalue weighted by Crippen LogP contribution is -2.43. The van der Waals surface area contributed by atoms with Crippen molar-refractivity contribution < 1.29 is 4.39 Å². The third-order valence-electron chi connectivity index (χ3n) is 4.01. The second-order valence-corrected chi connectivity index (χ2v) is 7.01. The van der Waals surface area contributed by atoms with Gasteiger partial charge in [0.05, 0.1) is 0 Å². The Balaban J connectivity index is 0.00000264. The second kappa shape index (κ2) is 10.6. The van der Waals surface area contributed by atoms with Crippen LogP contribution in [0.15, 0.2) is 23.2 Å². The Bertz CT molecular complexity index is 510. The van der Waals surface area contributed by atoms with Gasteiger partial charge in [0.25, 0.3) is 0 Å². The van der Waals surface area contributed by atoms with Crippen molar-refractivity contribution in [3.63, 3.8) is 0 Å². The molecule has 0 radical (unpaired) electrons. The molecule has 1 aliphatic carbocycles. The van der Waals surface area contributed by atoms with Crippen LogP contribution in [0.4, 0.5) is 4.39 Å². The van der Waals surface area contributed by atoms with Crippen molar-refractivity contribution in [2.75, 3.05) is 19.8 Å². The van der Waals surface area contributed by atoms with Gasteiger partial charge in [-0.05, 0) is 44.1 Å². The molecule has 7 heteroatoms. The Kier molecular flexibility index (Phi) is 9.61. The van der Waals surface area contributed by atoms with Crippen LogP contribution in [0, 0.1) is 5.82 Å². The van der Waals surface area contributed by atoms with Gasteiger partial charge in [0, 0.05) is 35.5 Å². The fraction of sp³-hybridized carbons (Fsp3) is 0.562. The summed E-state index contributed by atoms with van der Waals surface area (Å²) in [4.78, 5) is 4.24. The zero-order valence-electron chi connectivity index (χ0n) is 13.4. The SMILES string of the molecule is CN=C(NCCc1c(F)cccc1Cl)NC1CCC(SC)C1.I. The molecule has 0 bridgehead atoms. The number of rotatable bonds is 5. The molecule has 2 N–H and O–H groups in total. The van der Waals surface area contributed by atoms with Gasteiger partial charge in [-0.15, -0.1) is 24.0 Å². The highest BCUT2D eigenvalue weighted by molar-refractivity contribution is 14.0. The van der Waals surface area contributed by atoms with Crippen LogP contribution in [0.2, 0.25) is 5.02 Å². The first kappa shape index (κ1) is 20.8. The van der Waals surface area contributed by atoms with Gasteiger partial charge >= 0.3 is 0 Å².